The summed E-state index contributed by atoms with van der Waals surface area (Å²) < 4.78 is 4.95. The van der Waals surface area contributed by atoms with Crippen LogP contribution >= 0.6 is 11.6 Å². The SMILES string of the molecule is CCOC(=O)N1CCN(c2ncnc(Cl)c2C=O)CC1. The van der Waals surface area contributed by atoms with Crippen molar-refractivity contribution in [3.63, 3.8) is 0 Å². The number of carbonyl (C=O) groups excluding carboxylic acids is 2. The maximum absolute atomic E-state index is 11.6. The third-order valence-corrected chi connectivity index (χ3v) is 3.34. The van der Waals surface area contributed by atoms with Crippen LogP contribution in [-0.4, -0.2) is 60.0 Å². The fourth-order valence-corrected chi connectivity index (χ4v) is 2.21. The van der Waals surface area contributed by atoms with Crippen LogP contribution in [0.1, 0.15) is 17.3 Å². The van der Waals surface area contributed by atoms with Crippen LogP contribution in [0, 0.1) is 0 Å². The molecule has 1 saturated heterocycles. The Morgan fingerprint density at radius 2 is 2.10 bits per heavy atom. The number of nitrogens with zero attached hydrogens (tertiary/aromatic N) is 4. The Hall–Kier alpha value is -1.89. The molecule has 1 aromatic rings. The van der Waals surface area contributed by atoms with Crippen LogP contribution in [0.25, 0.3) is 0 Å². The maximum Gasteiger partial charge on any atom is 0.409 e. The molecule has 20 heavy (non-hydrogen) atoms. The minimum atomic E-state index is -0.316. The first-order valence-electron chi connectivity index (χ1n) is 6.29. The molecule has 0 aliphatic carbocycles. The molecule has 0 aromatic carbocycles. The first-order valence-corrected chi connectivity index (χ1v) is 6.67. The number of carbonyl (C=O) groups is 2. The van der Waals surface area contributed by atoms with E-state index < -0.39 is 0 Å². The highest BCUT2D eigenvalue weighted by Gasteiger charge is 2.24. The van der Waals surface area contributed by atoms with Crippen molar-refractivity contribution >= 4 is 29.8 Å². The van der Waals surface area contributed by atoms with Gasteiger partial charge in [0.05, 0.1) is 12.2 Å². The molecule has 0 atom stereocenters. The third-order valence-electron chi connectivity index (χ3n) is 3.04. The molecule has 0 radical (unpaired) electrons. The number of rotatable bonds is 3. The average molecular weight is 299 g/mol. The lowest BCUT2D eigenvalue weighted by molar-refractivity contribution is 0.104. The van der Waals surface area contributed by atoms with E-state index in [4.69, 9.17) is 16.3 Å². The Balaban J connectivity index is 2.06. The van der Waals surface area contributed by atoms with Gasteiger partial charge in [-0.3, -0.25) is 4.79 Å². The highest BCUT2D eigenvalue weighted by atomic mass is 35.5. The van der Waals surface area contributed by atoms with Crippen LogP contribution in [0.3, 0.4) is 0 Å². The summed E-state index contributed by atoms with van der Waals surface area (Å²) in [5.74, 6) is 0.503. The molecule has 1 aliphatic heterocycles. The van der Waals surface area contributed by atoms with E-state index in [0.29, 0.717) is 44.9 Å². The number of anilines is 1. The number of piperazine rings is 1. The zero-order valence-electron chi connectivity index (χ0n) is 11.1. The van der Waals surface area contributed by atoms with Crippen LogP contribution < -0.4 is 4.90 Å². The molecule has 1 fully saturated rings. The lowest BCUT2D eigenvalue weighted by atomic mass is 10.2. The van der Waals surface area contributed by atoms with Crippen LogP contribution in [-0.2, 0) is 4.74 Å². The predicted molar refractivity (Wildman–Crippen MR) is 73.2 cm³/mol. The van der Waals surface area contributed by atoms with Crippen molar-refractivity contribution in [2.75, 3.05) is 37.7 Å². The first-order chi connectivity index (χ1) is 9.67. The molecule has 0 spiro atoms. The molecule has 7 nitrogen and oxygen atoms in total. The van der Waals surface area contributed by atoms with Crippen molar-refractivity contribution in [3.05, 3.63) is 17.0 Å². The lowest BCUT2D eigenvalue weighted by Gasteiger charge is -2.35. The Kier molecular flexibility index (Phi) is 4.73. The topological polar surface area (TPSA) is 75.6 Å². The molecule has 0 unspecified atom stereocenters. The summed E-state index contributed by atoms with van der Waals surface area (Å²) in [5, 5.41) is 0.137. The summed E-state index contributed by atoms with van der Waals surface area (Å²) >= 11 is 5.88. The minimum absolute atomic E-state index is 0.137. The predicted octanol–water partition coefficient (Wildman–Crippen LogP) is 1.22. The van der Waals surface area contributed by atoms with Crippen LogP contribution in [0.5, 0.6) is 0 Å². The first kappa shape index (κ1) is 14.5. The van der Waals surface area contributed by atoms with E-state index in [1.54, 1.807) is 11.8 Å². The normalized spacial score (nSPS) is 15.1. The highest BCUT2D eigenvalue weighted by Crippen LogP contribution is 2.22. The van der Waals surface area contributed by atoms with Crippen molar-refractivity contribution in [2.24, 2.45) is 0 Å². The van der Waals surface area contributed by atoms with Gasteiger partial charge in [-0.2, -0.15) is 0 Å². The number of ether oxygens (including phenoxy) is 1. The van der Waals surface area contributed by atoms with Gasteiger partial charge >= 0.3 is 6.09 Å². The van der Waals surface area contributed by atoms with E-state index >= 15 is 0 Å². The van der Waals surface area contributed by atoms with Gasteiger partial charge in [-0.25, -0.2) is 14.8 Å². The molecule has 2 heterocycles. The van der Waals surface area contributed by atoms with Gasteiger partial charge in [-0.15, -0.1) is 0 Å². The van der Waals surface area contributed by atoms with Crippen LogP contribution in [0.4, 0.5) is 10.6 Å². The largest absolute Gasteiger partial charge is 0.450 e. The Morgan fingerprint density at radius 1 is 1.40 bits per heavy atom. The minimum Gasteiger partial charge on any atom is -0.450 e. The molecule has 1 aromatic heterocycles. The van der Waals surface area contributed by atoms with E-state index in [0.717, 1.165) is 0 Å². The van der Waals surface area contributed by atoms with Gasteiger partial charge in [-0.05, 0) is 6.92 Å². The smallest absolute Gasteiger partial charge is 0.409 e. The van der Waals surface area contributed by atoms with Crippen molar-refractivity contribution in [1.82, 2.24) is 14.9 Å². The molecule has 0 N–H and O–H groups in total. The van der Waals surface area contributed by atoms with Crippen molar-refractivity contribution in [3.8, 4) is 0 Å². The summed E-state index contributed by atoms with van der Waals surface area (Å²) in [7, 11) is 0. The lowest BCUT2D eigenvalue weighted by Crippen LogP contribution is -2.49. The molecule has 8 heteroatoms. The van der Waals surface area contributed by atoms with Gasteiger partial charge in [0, 0.05) is 26.2 Å². The second kappa shape index (κ2) is 6.51. The van der Waals surface area contributed by atoms with Crippen LogP contribution in [0.15, 0.2) is 6.33 Å². The summed E-state index contributed by atoms with van der Waals surface area (Å²) in [4.78, 5) is 34.1. The molecular weight excluding hydrogens is 284 g/mol. The van der Waals surface area contributed by atoms with E-state index in [1.165, 1.54) is 6.33 Å². The van der Waals surface area contributed by atoms with Gasteiger partial charge in [0.2, 0.25) is 0 Å². The van der Waals surface area contributed by atoms with Crippen molar-refractivity contribution in [1.29, 1.82) is 0 Å². The highest BCUT2D eigenvalue weighted by molar-refractivity contribution is 6.32. The Bertz CT molecular complexity index is 503. The second-order valence-corrected chi connectivity index (χ2v) is 4.55. The molecule has 0 saturated carbocycles. The molecular formula is C12H15ClN4O3. The van der Waals surface area contributed by atoms with Crippen molar-refractivity contribution in [2.45, 2.75) is 6.92 Å². The summed E-state index contributed by atoms with van der Waals surface area (Å²) in [6.45, 7) is 4.28. The molecule has 1 aliphatic rings. The fraction of sp³-hybridized carbons (Fsp3) is 0.500. The van der Waals surface area contributed by atoms with Gasteiger partial charge in [0.15, 0.2) is 6.29 Å². The molecule has 2 rings (SSSR count). The average Bonchev–Trinajstić information content (AvgIpc) is 2.47. The zero-order valence-corrected chi connectivity index (χ0v) is 11.8. The van der Waals surface area contributed by atoms with Crippen molar-refractivity contribution < 1.29 is 14.3 Å². The standard InChI is InChI=1S/C12H15ClN4O3/c1-2-20-12(19)17-5-3-16(4-6-17)11-9(7-18)10(13)14-8-15-11/h7-8H,2-6H2,1H3. The van der Waals surface area contributed by atoms with E-state index in [-0.39, 0.29) is 16.8 Å². The van der Waals surface area contributed by atoms with Crippen LogP contribution in [0.2, 0.25) is 5.15 Å². The quantitative estimate of drug-likeness (QED) is 0.617. The number of amides is 1. The molecule has 1 amide bonds. The maximum atomic E-state index is 11.6. The van der Waals surface area contributed by atoms with E-state index in [2.05, 4.69) is 9.97 Å². The zero-order chi connectivity index (χ0) is 14.5. The van der Waals surface area contributed by atoms with E-state index in [1.807, 2.05) is 4.90 Å². The number of aldehydes is 1. The van der Waals surface area contributed by atoms with Gasteiger partial charge < -0.3 is 14.5 Å². The fourth-order valence-electron chi connectivity index (χ4n) is 2.03. The number of halogens is 1. The molecule has 0 bridgehead atoms. The van der Waals surface area contributed by atoms with E-state index in [9.17, 15) is 9.59 Å². The number of hydrogen-bond donors (Lipinski definition) is 0. The second-order valence-electron chi connectivity index (χ2n) is 4.19. The monoisotopic (exact) mass is 298 g/mol. The molecule has 108 valence electrons. The number of aromatic nitrogens is 2. The summed E-state index contributed by atoms with van der Waals surface area (Å²) in [6, 6.07) is 0. The number of hydrogen-bond acceptors (Lipinski definition) is 6. The Labute approximate surface area is 121 Å². The Morgan fingerprint density at radius 3 is 2.70 bits per heavy atom. The van der Waals surface area contributed by atoms with Gasteiger partial charge in [0.1, 0.15) is 17.3 Å². The third kappa shape index (κ3) is 2.98. The van der Waals surface area contributed by atoms with Gasteiger partial charge in [0.25, 0.3) is 0 Å². The van der Waals surface area contributed by atoms with Gasteiger partial charge in [-0.1, -0.05) is 11.6 Å². The summed E-state index contributed by atoms with van der Waals surface area (Å²) in [5.41, 5.74) is 0.277. The summed E-state index contributed by atoms with van der Waals surface area (Å²) in [6.07, 6.45) is 1.65.